The SMILES string of the molecule is CCCCNC(=O)[C@@H](C)N(Cc1ccc(C)cc1)C(=O)CN(c1ccc(C)cc1)S(C)(=O)=O. The first-order valence-electron chi connectivity index (χ1n) is 11.2. The third-order valence-corrected chi connectivity index (χ3v) is 6.61. The van der Waals surface area contributed by atoms with E-state index in [0.29, 0.717) is 12.2 Å². The summed E-state index contributed by atoms with van der Waals surface area (Å²) >= 11 is 0. The van der Waals surface area contributed by atoms with E-state index in [1.165, 1.54) is 4.90 Å². The largest absolute Gasteiger partial charge is 0.354 e. The maximum Gasteiger partial charge on any atom is 0.244 e. The maximum atomic E-state index is 13.4. The summed E-state index contributed by atoms with van der Waals surface area (Å²) in [6.07, 6.45) is 2.87. The molecule has 8 heteroatoms. The molecule has 0 aliphatic carbocycles. The van der Waals surface area contributed by atoms with Crippen LogP contribution < -0.4 is 9.62 Å². The number of benzene rings is 2. The Labute approximate surface area is 197 Å². The molecule has 1 atom stereocenters. The van der Waals surface area contributed by atoms with Crippen LogP contribution in [0.3, 0.4) is 0 Å². The van der Waals surface area contributed by atoms with Crippen LogP contribution in [0.1, 0.15) is 43.4 Å². The summed E-state index contributed by atoms with van der Waals surface area (Å²) in [4.78, 5) is 27.6. The molecule has 180 valence electrons. The number of nitrogens with zero attached hydrogens (tertiary/aromatic N) is 2. The van der Waals surface area contributed by atoms with Gasteiger partial charge in [0.05, 0.1) is 11.9 Å². The molecule has 0 radical (unpaired) electrons. The van der Waals surface area contributed by atoms with Crippen molar-refractivity contribution in [2.24, 2.45) is 0 Å². The fourth-order valence-corrected chi connectivity index (χ4v) is 4.18. The Morgan fingerprint density at radius 1 is 0.970 bits per heavy atom. The van der Waals surface area contributed by atoms with E-state index in [-0.39, 0.29) is 19.0 Å². The zero-order valence-corrected chi connectivity index (χ0v) is 21.0. The van der Waals surface area contributed by atoms with Crippen LogP contribution in [0.2, 0.25) is 0 Å². The second-order valence-electron chi connectivity index (χ2n) is 8.43. The Hall–Kier alpha value is -2.87. The molecule has 7 nitrogen and oxygen atoms in total. The minimum Gasteiger partial charge on any atom is -0.354 e. The fourth-order valence-electron chi connectivity index (χ4n) is 3.33. The van der Waals surface area contributed by atoms with Crippen molar-refractivity contribution in [3.8, 4) is 0 Å². The summed E-state index contributed by atoms with van der Waals surface area (Å²) in [5.74, 6) is -0.704. The van der Waals surface area contributed by atoms with Gasteiger partial charge in [-0.25, -0.2) is 8.42 Å². The Morgan fingerprint density at radius 2 is 1.52 bits per heavy atom. The van der Waals surface area contributed by atoms with Crippen molar-refractivity contribution < 1.29 is 18.0 Å². The average molecular weight is 474 g/mol. The van der Waals surface area contributed by atoms with Crippen LogP contribution >= 0.6 is 0 Å². The molecule has 2 aromatic carbocycles. The molecule has 0 saturated carbocycles. The zero-order chi connectivity index (χ0) is 24.6. The van der Waals surface area contributed by atoms with E-state index in [4.69, 9.17) is 0 Å². The number of carbonyl (C=O) groups is 2. The van der Waals surface area contributed by atoms with Gasteiger partial charge < -0.3 is 10.2 Å². The molecule has 0 saturated heterocycles. The molecule has 0 aliphatic rings. The second-order valence-corrected chi connectivity index (χ2v) is 10.3. The molecule has 1 N–H and O–H groups in total. The van der Waals surface area contributed by atoms with Gasteiger partial charge in [-0.3, -0.25) is 13.9 Å². The van der Waals surface area contributed by atoms with Crippen molar-refractivity contribution in [1.82, 2.24) is 10.2 Å². The molecular formula is C25H35N3O4S. The molecular weight excluding hydrogens is 438 g/mol. The number of hydrogen-bond acceptors (Lipinski definition) is 4. The van der Waals surface area contributed by atoms with E-state index in [9.17, 15) is 18.0 Å². The van der Waals surface area contributed by atoms with Crippen molar-refractivity contribution in [2.45, 2.75) is 53.1 Å². The van der Waals surface area contributed by atoms with Crippen LogP contribution in [0.25, 0.3) is 0 Å². The number of amides is 2. The van der Waals surface area contributed by atoms with Crippen LogP contribution in [0, 0.1) is 13.8 Å². The number of aryl methyl sites for hydroxylation is 2. The van der Waals surface area contributed by atoms with Gasteiger partial charge in [-0.05, 0) is 44.9 Å². The number of carbonyl (C=O) groups excluding carboxylic acids is 2. The smallest absolute Gasteiger partial charge is 0.244 e. The van der Waals surface area contributed by atoms with E-state index < -0.39 is 22.0 Å². The first kappa shape index (κ1) is 26.4. The molecule has 0 heterocycles. The van der Waals surface area contributed by atoms with E-state index in [2.05, 4.69) is 5.32 Å². The molecule has 0 aliphatic heterocycles. The molecule has 0 spiro atoms. The lowest BCUT2D eigenvalue weighted by atomic mass is 10.1. The summed E-state index contributed by atoms with van der Waals surface area (Å²) in [5.41, 5.74) is 3.34. The quantitative estimate of drug-likeness (QED) is 0.507. The molecule has 0 aromatic heterocycles. The second kappa shape index (κ2) is 11.8. The summed E-state index contributed by atoms with van der Waals surface area (Å²) < 4.78 is 26.1. The van der Waals surface area contributed by atoms with Crippen molar-refractivity contribution in [1.29, 1.82) is 0 Å². The van der Waals surface area contributed by atoms with Gasteiger partial charge >= 0.3 is 0 Å². The van der Waals surface area contributed by atoms with Crippen LogP contribution in [-0.2, 0) is 26.2 Å². The topological polar surface area (TPSA) is 86.8 Å². The number of anilines is 1. The molecule has 2 rings (SSSR count). The Balaban J connectivity index is 2.32. The van der Waals surface area contributed by atoms with Crippen molar-refractivity contribution >= 4 is 27.5 Å². The summed E-state index contributed by atoms with van der Waals surface area (Å²) in [6, 6.07) is 13.9. The predicted octanol–water partition coefficient (Wildman–Crippen LogP) is 3.40. The predicted molar refractivity (Wildman–Crippen MR) is 132 cm³/mol. The van der Waals surface area contributed by atoms with Gasteiger partial charge in [0.2, 0.25) is 21.8 Å². The molecule has 2 aromatic rings. The summed E-state index contributed by atoms with van der Waals surface area (Å²) in [5, 5.41) is 2.87. The highest BCUT2D eigenvalue weighted by Crippen LogP contribution is 2.19. The normalized spacial score (nSPS) is 12.2. The minimum absolute atomic E-state index is 0.201. The third-order valence-electron chi connectivity index (χ3n) is 5.47. The maximum absolute atomic E-state index is 13.4. The number of unbranched alkanes of at least 4 members (excludes halogenated alkanes) is 1. The number of hydrogen-bond donors (Lipinski definition) is 1. The zero-order valence-electron chi connectivity index (χ0n) is 20.2. The highest BCUT2D eigenvalue weighted by atomic mass is 32.2. The highest BCUT2D eigenvalue weighted by Gasteiger charge is 2.29. The van der Waals surface area contributed by atoms with Gasteiger partial charge in [0, 0.05) is 13.1 Å². The van der Waals surface area contributed by atoms with Crippen molar-refractivity contribution in [2.75, 3.05) is 23.7 Å². The Kier molecular flexibility index (Phi) is 9.46. The summed E-state index contributed by atoms with van der Waals surface area (Å²) in [6.45, 7) is 7.93. The van der Waals surface area contributed by atoms with Crippen molar-refractivity contribution in [3.05, 3.63) is 65.2 Å². The number of sulfonamides is 1. The van der Waals surface area contributed by atoms with Gasteiger partial charge in [0.15, 0.2) is 0 Å². The molecule has 33 heavy (non-hydrogen) atoms. The first-order valence-corrected chi connectivity index (χ1v) is 13.0. The Morgan fingerprint density at radius 3 is 2.03 bits per heavy atom. The van der Waals surface area contributed by atoms with E-state index in [0.717, 1.165) is 40.1 Å². The van der Waals surface area contributed by atoms with E-state index in [1.54, 1.807) is 31.2 Å². The van der Waals surface area contributed by atoms with Gasteiger partial charge in [0.25, 0.3) is 0 Å². The van der Waals surface area contributed by atoms with Gasteiger partial charge in [-0.1, -0.05) is 60.9 Å². The number of rotatable bonds is 11. The van der Waals surface area contributed by atoms with Crippen LogP contribution in [0.4, 0.5) is 5.69 Å². The fraction of sp³-hybridized carbons (Fsp3) is 0.440. The number of nitrogens with one attached hydrogen (secondary N) is 1. The van der Waals surface area contributed by atoms with Gasteiger partial charge in [0.1, 0.15) is 12.6 Å². The van der Waals surface area contributed by atoms with Crippen molar-refractivity contribution in [3.63, 3.8) is 0 Å². The monoisotopic (exact) mass is 473 g/mol. The molecule has 0 bridgehead atoms. The van der Waals surface area contributed by atoms with E-state index >= 15 is 0 Å². The minimum atomic E-state index is -3.72. The lowest BCUT2D eigenvalue weighted by Gasteiger charge is -2.31. The lowest BCUT2D eigenvalue weighted by molar-refractivity contribution is -0.139. The van der Waals surface area contributed by atoms with Crippen LogP contribution in [-0.4, -0.2) is 50.5 Å². The highest BCUT2D eigenvalue weighted by molar-refractivity contribution is 7.92. The first-order chi connectivity index (χ1) is 15.5. The van der Waals surface area contributed by atoms with E-state index in [1.807, 2.05) is 45.0 Å². The van der Waals surface area contributed by atoms with Crippen LogP contribution in [0.15, 0.2) is 48.5 Å². The Bertz CT molecular complexity index is 1030. The van der Waals surface area contributed by atoms with Gasteiger partial charge in [-0.15, -0.1) is 0 Å². The van der Waals surface area contributed by atoms with Gasteiger partial charge in [-0.2, -0.15) is 0 Å². The molecule has 2 amide bonds. The lowest BCUT2D eigenvalue weighted by Crippen LogP contribution is -2.51. The molecule has 0 fully saturated rings. The molecule has 0 unspecified atom stereocenters. The third kappa shape index (κ3) is 7.89. The summed E-state index contributed by atoms with van der Waals surface area (Å²) in [7, 11) is -3.72. The van der Waals surface area contributed by atoms with Crippen LogP contribution in [0.5, 0.6) is 0 Å². The average Bonchev–Trinajstić information content (AvgIpc) is 2.76. The standard InChI is InChI=1S/C25H35N3O4S/c1-6-7-16-26-25(30)21(4)27(17-22-12-8-19(2)9-13-22)24(29)18-28(33(5,31)32)23-14-10-20(3)11-15-23/h8-15,21H,6-7,16-18H2,1-5H3,(H,26,30)/t21-/m1/s1.